The number of aliphatic hydroxyl groups is 1. The zero-order valence-corrected chi connectivity index (χ0v) is 12.0. The molecule has 1 aromatic carbocycles. The summed E-state index contributed by atoms with van der Waals surface area (Å²) < 4.78 is 5.22. The summed E-state index contributed by atoms with van der Waals surface area (Å²) >= 11 is 0. The van der Waals surface area contributed by atoms with Gasteiger partial charge in [-0.1, -0.05) is 12.1 Å². The molecule has 0 radical (unpaired) electrons. The number of amides is 1. The van der Waals surface area contributed by atoms with Crippen molar-refractivity contribution in [3.63, 3.8) is 0 Å². The summed E-state index contributed by atoms with van der Waals surface area (Å²) in [5.74, 6) is 0.565. The number of nitrogens with zero attached hydrogens (tertiary/aromatic N) is 1. The highest BCUT2D eigenvalue weighted by atomic mass is 16.5. The second-order valence-corrected chi connectivity index (χ2v) is 5.16. The van der Waals surface area contributed by atoms with Gasteiger partial charge in [-0.3, -0.25) is 9.69 Å². The summed E-state index contributed by atoms with van der Waals surface area (Å²) in [4.78, 5) is 14.3. The first-order chi connectivity index (χ1) is 9.61. The fraction of sp³-hybridized carbons (Fsp3) is 0.533. The van der Waals surface area contributed by atoms with Crippen LogP contribution in [0.15, 0.2) is 24.3 Å². The molecule has 0 bridgehead atoms. The molecule has 5 nitrogen and oxygen atoms in total. The number of carbonyl (C=O) groups is 1. The van der Waals surface area contributed by atoms with E-state index in [1.807, 2.05) is 36.1 Å². The van der Waals surface area contributed by atoms with Crippen molar-refractivity contribution in [2.24, 2.45) is 0 Å². The number of ether oxygens (including phenoxy) is 1. The number of aliphatic hydroxyl groups excluding tert-OH is 1. The topological polar surface area (TPSA) is 61.8 Å². The van der Waals surface area contributed by atoms with Gasteiger partial charge in [-0.05, 0) is 38.4 Å². The molecule has 0 aliphatic carbocycles. The van der Waals surface area contributed by atoms with E-state index in [2.05, 4.69) is 5.32 Å². The van der Waals surface area contributed by atoms with Gasteiger partial charge in [0.2, 0.25) is 5.91 Å². The van der Waals surface area contributed by atoms with Crippen molar-refractivity contribution in [3.05, 3.63) is 24.3 Å². The van der Waals surface area contributed by atoms with E-state index in [0.29, 0.717) is 18.0 Å². The van der Waals surface area contributed by atoms with Crippen LogP contribution in [-0.2, 0) is 4.79 Å². The van der Waals surface area contributed by atoms with Gasteiger partial charge < -0.3 is 15.2 Å². The number of para-hydroxylation sites is 2. The molecule has 1 heterocycles. The molecule has 110 valence electrons. The molecule has 1 fully saturated rings. The molecule has 0 saturated carbocycles. The lowest BCUT2D eigenvalue weighted by Crippen LogP contribution is -2.48. The van der Waals surface area contributed by atoms with Crippen molar-refractivity contribution in [2.45, 2.75) is 31.9 Å². The quantitative estimate of drug-likeness (QED) is 0.875. The smallest absolute Gasteiger partial charge is 0.241 e. The lowest BCUT2D eigenvalue weighted by atomic mass is 10.1. The minimum Gasteiger partial charge on any atom is -0.495 e. The number of nitrogens with one attached hydrogen (secondary N) is 1. The second kappa shape index (κ2) is 6.72. The van der Waals surface area contributed by atoms with Crippen molar-refractivity contribution < 1.29 is 14.6 Å². The number of methoxy groups -OCH3 is 1. The molecule has 1 amide bonds. The predicted octanol–water partition coefficient (Wildman–Crippen LogP) is 1.48. The molecule has 2 rings (SSSR count). The van der Waals surface area contributed by atoms with E-state index < -0.39 is 0 Å². The fourth-order valence-electron chi connectivity index (χ4n) is 2.49. The van der Waals surface area contributed by atoms with Gasteiger partial charge in [-0.15, -0.1) is 0 Å². The molecule has 2 N–H and O–H groups in total. The highest BCUT2D eigenvalue weighted by Gasteiger charge is 2.26. The van der Waals surface area contributed by atoms with Crippen LogP contribution >= 0.6 is 0 Å². The summed E-state index contributed by atoms with van der Waals surface area (Å²) in [5, 5.41) is 12.6. The molecule has 1 saturated heterocycles. The van der Waals surface area contributed by atoms with E-state index in [-0.39, 0.29) is 18.1 Å². The van der Waals surface area contributed by atoms with Gasteiger partial charge in [0.1, 0.15) is 5.75 Å². The summed E-state index contributed by atoms with van der Waals surface area (Å²) in [7, 11) is 1.58. The Bertz CT molecular complexity index is 464. The third kappa shape index (κ3) is 3.49. The number of rotatable bonds is 4. The Hall–Kier alpha value is -1.59. The number of β-amino-alcohol motifs (C(OH)–C–C–N with tert-alkyl or cyclic N) is 1. The molecular weight excluding hydrogens is 256 g/mol. The highest BCUT2D eigenvalue weighted by Crippen LogP contribution is 2.23. The highest BCUT2D eigenvalue weighted by molar-refractivity contribution is 5.95. The van der Waals surface area contributed by atoms with E-state index in [4.69, 9.17) is 4.74 Å². The Morgan fingerprint density at radius 1 is 1.50 bits per heavy atom. The molecule has 0 aromatic heterocycles. The monoisotopic (exact) mass is 278 g/mol. The van der Waals surface area contributed by atoms with Crippen LogP contribution in [0.25, 0.3) is 0 Å². The van der Waals surface area contributed by atoms with Gasteiger partial charge in [0.25, 0.3) is 0 Å². The molecule has 20 heavy (non-hydrogen) atoms. The largest absolute Gasteiger partial charge is 0.495 e. The van der Waals surface area contributed by atoms with E-state index in [1.54, 1.807) is 7.11 Å². The van der Waals surface area contributed by atoms with Crippen molar-refractivity contribution in [1.82, 2.24) is 4.90 Å². The van der Waals surface area contributed by atoms with Gasteiger partial charge in [0.05, 0.1) is 24.9 Å². The normalized spacial score (nSPS) is 21.2. The minimum atomic E-state index is -0.328. The molecular formula is C15H22N2O3. The number of likely N-dealkylation sites (tertiary alicyclic amines) is 1. The lowest BCUT2D eigenvalue weighted by Gasteiger charge is -2.34. The average Bonchev–Trinajstić information content (AvgIpc) is 2.47. The van der Waals surface area contributed by atoms with Crippen molar-refractivity contribution >= 4 is 11.6 Å². The van der Waals surface area contributed by atoms with Gasteiger partial charge in [0, 0.05) is 6.54 Å². The number of anilines is 1. The third-order valence-electron chi connectivity index (χ3n) is 3.72. The number of carbonyl (C=O) groups excluding carboxylic acids is 1. The predicted molar refractivity (Wildman–Crippen MR) is 77.9 cm³/mol. The maximum atomic E-state index is 12.3. The van der Waals surface area contributed by atoms with Crippen LogP contribution < -0.4 is 10.1 Å². The zero-order chi connectivity index (χ0) is 14.5. The Kier molecular flexibility index (Phi) is 4.98. The Balaban J connectivity index is 2.00. The average molecular weight is 278 g/mol. The number of hydrogen-bond acceptors (Lipinski definition) is 4. The second-order valence-electron chi connectivity index (χ2n) is 5.16. The Labute approximate surface area is 119 Å². The first kappa shape index (κ1) is 14.8. The maximum Gasteiger partial charge on any atom is 0.241 e. The SMILES string of the molecule is COc1ccccc1NC(=O)C(C)N1CCCC(O)C1. The Morgan fingerprint density at radius 2 is 2.25 bits per heavy atom. The fourth-order valence-corrected chi connectivity index (χ4v) is 2.49. The van der Waals surface area contributed by atoms with Gasteiger partial charge in [-0.2, -0.15) is 0 Å². The third-order valence-corrected chi connectivity index (χ3v) is 3.72. The summed E-state index contributed by atoms with van der Waals surface area (Å²) in [6, 6.07) is 7.07. The van der Waals surface area contributed by atoms with Crippen LogP contribution in [0.4, 0.5) is 5.69 Å². The molecule has 5 heteroatoms. The van der Waals surface area contributed by atoms with E-state index >= 15 is 0 Å². The van der Waals surface area contributed by atoms with Crippen LogP contribution in [-0.4, -0.2) is 48.3 Å². The van der Waals surface area contributed by atoms with E-state index in [0.717, 1.165) is 19.4 Å². The lowest BCUT2D eigenvalue weighted by molar-refractivity contribution is -0.121. The molecule has 1 aromatic rings. The standard InChI is InChI=1S/C15H22N2O3/c1-11(17-9-5-6-12(18)10-17)15(19)16-13-7-3-4-8-14(13)20-2/h3-4,7-8,11-12,18H,5-6,9-10H2,1-2H3,(H,16,19). The molecule has 2 unspecified atom stereocenters. The summed E-state index contributed by atoms with van der Waals surface area (Å²) in [6.45, 7) is 3.26. The molecule has 1 aliphatic rings. The summed E-state index contributed by atoms with van der Waals surface area (Å²) in [6.07, 6.45) is 1.41. The maximum absolute atomic E-state index is 12.3. The van der Waals surface area contributed by atoms with Crippen molar-refractivity contribution in [1.29, 1.82) is 0 Å². The van der Waals surface area contributed by atoms with Gasteiger partial charge in [-0.25, -0.2) is 0 Å². The first-order valence-electron chi connectivity index (χ1n) is 6.98. The number of benzene rings is 1. The first-order valence-corrected chi connectivity index (χ1v) is 6.98. The molecule has 0 spiro atoms. The number of piperidine rings is 1. The number of hydrogen-bond donors (Lipinski definition) is 2. The van der Waals surface area contributed by atoms with Crippen LogP contribution in [0, 0.1) is 0 Å². The van der Waals surface area contributed by atoms with Crippen LogP contribution in [0.5, 0.6) is 5.75 Å². The van der Waals surface area contributed by atoms with Crippen molar-refractivity contribution in [3.8, 4) is 5.75 Å². The minimum absolute atomic E-state index is 0.0800. The van der Waals surface area contributed by atoms with Crippen LogP contribution in [0.2, 0.25) is 0 Å². The Morgan fingerprint density at radius 3 is 2.95 bits per heavy atom. The van der Waals surface area contributed by atoms with Gasteiger partial charge in [0.15, 0.2) is 0 Å². The van der Waals surface area contributed by atoms with Gasteiger partial charge >= 0.3 is 0 Å². The van der Waals surface area contributed by atoms with E-state index in [9.17, 15) is 9.90 Å². The molecule has 2 atom stereocenters. The van der Waals surface area contributed by atoms with E-state index in [1.165, 1.54) is 0 Å². The summed E-state index contributed by atoms with van der Waals surface area (Å²) in [5.41, 5.74) is 0.671. The zero-order valence-electron chi connectivity index (χ0n) is 12.0. The van der Waals surface area contributed by atoms with Crippen LogP contribution in [0.1, 0.15) is 19.8 Å². The molecule has 1 aliphatic heterocycles. The van der Waals surface area contributed by atoms with Crippen molar-refractivity contribution in [2.75, 3.05) is 25.5 Å². The van der Waals surface area contributed by atoms with Crippen LogP contribution in [0.3, 0.4) is 0 Å².